The van der Waals surface area contributed by atoms with E-state index in [9.17, 15) is 10.1 Å². The molecule has 5 heteroatoms. The van der Waals surface area contributed by atoms with E-state index >= 15 is 0 Å². The van der Waals surface area contributed by atoms with Crippen molar-refractivity contribution < 1.29 is 4.92 Å². The topological polar surface area (TPSA) is 79.0 Å². The van der Waals surface area contributed by atoms with Gasteiger partial charge in [0.05, 0.1) is 16.6 Å². The van der Waals surface area contributed by atoms with Gasteiger partial charge in [-0.1, -0.05) is 12.8 Å². The smallest absolute Gasteiger partial charge is 0.293 e. The molecule has 0 bridgehead atoms. The quantitative estimate of drug-likeness (QED) is 0.655. The Hall–Kier alpha value is -2.09. The summed E-state index contributed by atoms with van der Waals surface area (Å²) in [5, 5.41) is 23.1. The van der Waals surface area contributed by atoms with Gasteiger partial charge in [-0.25, -0.2) is 0 Å². The lowest BCUT2D eigenvalue weighted by Crippen LogP contribution is -2.31. The average Bonchev–Trinajstić information content (AvgIpc) is 2.76. The number of nitrogens with one attached hydrogen (secondary N) is 1. The summed E-state index contributed by atoms with van der Waals surface area (Å²) in [7, 11) is 0. The minimum absolute atomic E-state index is 0.0258. The van der Waals surface area contributed by atoms with Crippen molar-refractivity contribution in [1.29, 1.82) is 5.26 Å². The summed E-state index contributed by atoms with van der Waals surface area (Å²) >= 11 is 0. The van der Waals surface area contributed by atoms with Crippen LogP contribution < -0.4 is 5.32 Å². The molecule has 0 radical (unpaired) electrons. The summed E-state index contributed by atoms with van der Waals surface area (Å²) in [5.41, 5.74) is 0.716. The van der Waals surface area contributed by atoms with Crippen LogP contribution in [0.5, 0.6) is 0 Å². The van der Waals surface area contributed by atoms with E-state index in [0.29, 0.717) is 11.3 Å². The second kappa shape index (κ2) is 4.65. The van der Waals surface area contributed by atoms with Crippen molar-refractivity contribution in [2.24, 2.45) is 0 Å². The number of hydrogen-bond donors (Lipinski definition) is 1. The van der Waals surface area contributed by atoms with Crippen molar-refractivity contribution in [2.45, 2.75) is 38.1 Å². The maximum atomic E-state index is 11.0. The van der Waals surface area contributed by atoms with Crippen molar-refractivity contribution in [3.05, 3.63) is 33.9 Å². The van der Waals surface area contributed by atoms with Crippen molar-refractivity contribution in [1.82, 2.24) is 0 Å². The number of benzene rings is 1. The second-order valence-electron chi connectivity index (χ2n) is 4.99. The predicted molar refractivity (Wildman–Crippen MR) is 68.3 cm³/mol. The third-order valence-electron chi connectivity index (χ3n) is 3.47. The average molecular weight is 245 g/mol. The standard InChI is InChI=1S/C13H15N3O2/c1-13(6-2-3-7-13)15-11-5-4-10(9-14)8-12(11)16(17)18/h4-5,8,15H,2-3,6-7H2,1H3. The third-order valence-corrected chi connectivity index (χ3v) is 3.47. The fourth-order valence-corrected chi connectivity index (χ4v) is 2.46. The van der Waals surface area contributed by atoms with Gasteiger partial charge in [0.25, 0.3) is 5.69 Å². The van der Waals surface area contributed by atoms with Gasteiger partial charge in [0.15, 0.2) is 0 Å². The van der Waals surface area contributed by atoms with Gasteiger partial charge < -0.3 is 5.32 Å². The molecule has 1 aromatic carbocycles. The van der Waals surface area contributed by atoms with Crippen molar-refractivity contribution in [3.63, 3.8) is 0 Å². The van der Waals surface area contributed by atoms with E-state index in [0.717, 1.165) is 25.7 Å². The molecule has 0 heterocycles. The van der Waals surface area contributed by atoms with Gasteiger partial charge in [0.1, 0.15) is 5.69 Å². The van der Waals surface area contributed by atoms with E-state index in [2.05, 4.69) is 12.2 Å². The van der Waals surface area contributed by atoms with Crippen LogP contribution in [0.3, 0.4) is 0 Å². The highest BCUT2D eigenvalue weighted by Crippen LogP contribution is 2.35. The number of nitro benzene ring substituents is 1. The monoisotopic (exact) mass is 245 g/mol. The van der Waals surface area contributed by atoms with Crippen molar-refractivity contribution in [3.8, 4) is 6.07 Å². The molecule has 1 aromatic rings. The first-order chi connectivity index (χ1) is 8.54. The highest BCUT2D eigenvalue weighted by Gasteiger charge is 2.30. The minimum atomic E-state index is -0.443. The van der Waals surface area contributed by atoms with E-state index in [-0.39, 0.29) is 11.2 Å². The molecule has 2 rings (SSSR count). The van der Waals surface area contributed by atoms with E-state index in [1.54, 1.807) is 12.1 Å². The molecule has 94 valence electrons. The number of nitro groups is 1. The molecule has 0 atom stereocenters. The summed E-state index contributed by atoms with van der Waals surface area (Å²) in [6, 6.07) is 6.47. The molecule has 0 aromatic heterocycles. The Morgan fingerprint density at radius 3 is 2.67 bits per heavy atom. The lowest BCUT2D eigenvalue weighted by atomic mass is 10.00. The van der Waals surface area contributed by atoms with Gasteiger partial charge in [-0.3, -0.25) is 10.1 Å². The Bertz CT molecular complexity index is 513. The first-order valence-electron chi connectivity index (χ1n) is 6.01. The van der Waals surface area contributed by atoms with E-state index < -0.39 is 4.92 Å². The van der Waals surface area contributed by atoms with Crippen LogP contribution >= 0.6 is 0 Å². The highest BCUT2D eigenvalue weighted by molar-refractivity contribution is 5.65. The predicted octanol–water partition coefficient (Wildman–Crippen LogP) is 3.21. The summed E-state index contributed by atoms with van der Waals surface area (Å²) in [4.78, 5) is 10.6. The number of hydrogen-bond acceptors (Lipinski definition) is 4. The molecule has 5 nitrogen and oxygen atoms in total. The number of nitrogens with zero attached hydrogens (tertiary/aromatic N) is 2. The van der Waals surface area contributed by atoms with E-state index in [4.69, 9.17) is 5.26 Å². The first-order valence-corrected chi connectivity index (χ1v) is 6.01. The summed E-state index contributed by atoms with van der Waals surface area (Å²) in [6.07, 6.45) is 4.33. The van der Waals surface area contributed by atoms with Gasteiger partial charge in [-0.15, -0.1) is 0 Å². The van der Waals surface area contributed by atoms with Crippen molar-refractivity contribution in [2.75, 3.05) is 5.32 Å². The summed E-state index contributed by atoms with van der Waals surface area (Å²) < 4.78 is 0. The molecular formula is C13H15N3O2. The first kappa shape index (κ1) is 12.4. The summed E-state index contributed by atoms with van der Waals surface area (Å²) in [6.45, 7) is 2.09. The molecule has 0 aliphatic heterocycles. The third kappa shape index (κ3) is 2.43. The molecule has 1 aliphatic carbocycles. The molecule has 0 unspecified atom stereocenters. The highest BCUT2D eigenvalue weighted by atomic mass is 16.6. The number of rotatable bonds is 3. The molecule has 18 heavy (non-hydrogen) atoms. The van der Waals surface area contributed by atoms with Crippen LogP contribution in [-0.4, -0.2) is 10.5 Å². The Balaban J connectivity index is 2.32. The maximum absolute atomic E-state index is 11.0. The van der Waals surface area contributed by atoms with Gasteiger partial charge in [0, 0.05) is 11.6 Å². The normalized spacial score (nSPS) is 17.1. The molecule has 1 N–H and O–H groups in total. The van der Waals surface area contributed by atoms with Crippen LogP contribution in [0.4, 0.5) is 11.4 Å². The second-order valence-corrected chi connectivity index (χ2v) is 4.99. The Morgan fingerprint density at radius 1 is 1.44 bits per heavy atom. The minimum Gasteiger partial charge on any atom is -0.374 e. The fraction of sp³-hybridized carbons (Fsp3) is 0.462. The zero-order chi connectivity index (χ0) is 13.2. The molecule has 1 fully saturated rings. The van der Waals surface area contributed by atoms with E-state index in [1.807, 2.05) is 6.07 Å². The van der Waals surface area contributed by atoms with Crippen LogP contribution in [0.1, 0.15) is 38.2 Å². The van der Waals surface area contributed by atoms with Crippen LogP contribution in [0.25, 0.3) is 0 Å². The van der Waals surface area contributed by atoms with Crippen LogP contribution in [0.2, 0.25) is 0 Å². The fourth-order valence-electron chi connectivity index (χ4n) is 2.46. The molecule has 0 amide bonds. The van der Waals surface area contributed by atoms with Gasteiger partial charge in [0.2, 0.25) is 0 Å². The Labute approximate surface area is 106 Å². The lowest BCUT2D eigenvalue weighted by Gasteiger charge is -2.26. The van der Waals surface area contributed by atoms with Gasteiger partial charge in [-0.2, -0.15) is 5.26 Å². The molecule has 1 saturated carbocycles. The SMILES string of the molecule is CC1(Nc2ccc(C#N)cc2[N+](=O)[O-])CCCC1. The van der Waals surface area contributed by atoms with E-state index in [1.165, 1.54) is 6.07 Å². The van der Waals surface area contributed by atoms with Crippen LogP contribution in [0, 0.1) is 21.4 Å². The van der Waals surface area contributed by atoms with Gasteiger partial charge >= 0.3 is 0 Å². The largest absolute Gasteiger partial charge is 0.374 e. The van der Waals surface area contributed by atoms with Gasteiger partial charge in [-0.05, 0) is 31.9 Å². The molecule has 0 saturated heterocycles. The zero-order valence-corrected chi connectivity index (χ0v) is 10.3. The lowest BCUT2D eigenvalue weighted by molar-refractivity contribution is -0.384. The molecular weight excluding hydrogens is 230 g/mol. The van der Waals surface area contributed by atoms with Crippen molar-refractivity contribution >= 4 is 11.4 Å². The van der Waals surface area contributed by atoms with Crippen LogP contribution in [0.15, 0.2) is 18.2 Å². The number of nitriles is 1. The number of anilines is 1. The maximum Gasteiger partial charge on any atom is 0.293 e. The molecule has 1 aliphatic rings. The Morgan fingerprint density at radius 2 is 2.11 bits per heavy atom. The summed E-state index contributed by atoms with van der Waals surface area (Å²) in [5.74, 6) is 0. The zero-order valence-electron chi connectivity index (χ0n) is 10.3. The molecule has 0 spiro atoms. The van der Waals surface area contributed by atoms with Crippen LogP contribution in [-0.2, 0) is 0 Å². The Kier molecular flexibility index (Phi) is 3.19.